The highest BCUT2D eigenvalue weighted by atomic mass is 79.9. The predicted molar refractivity (Wildman–Crippen MR) is 82.1 cm³/mol. The molecule has 1 saturated heterocycles. The largest absolute Gasteiger partial charge is 0.398 e. The van der Waals surface area contributed by atoms with Crippen molar-refractivity contribution in [3.63, 3.8) is 0 Å². The van der Waals surface area contributed by atoms with E-state index in [4.69, 9.17) is 10.5 Å². The lowest BCUT2D eigenvalue weighted by molar-refractivity contribution is 0.0250. The number of anilines is 1. The number of hydrogen-bond donors (Lipinski definition) is 2. The number of hydrogen-bond acceptors (Lipinski definition) is 4. The smallest absolute Gasteiger partial charge is 0.241 e. The molecule has 1 aliphatic rings. The third-order valence-corrected chi connectivity index (χ3v) is 5.58. The number of sulfonamides is 1. The van der Waals surface area contributed by atoms with Crippen LogP contribution in [0.1, 0.15) is 25.3 Å². The third kappa shape index (κ3) is 3.33. The lowest BCUT2D eigenvalue weighted by atomic mass is 10.0. The molecule has 1 aliphatic heterocycles. The van der Waals surface area contributed by atoms with E-state index in [2.05, 4.69) is 20.7 Å². The van der Waals surface area contributed by atoms with Gasteiger partial charge in [-0.3, -0.25) is 0 Å². The summed E-state index contributed by atoms with van der Waals surface area (Å²) in [5.41, 5.74) is 6.40. The fourth-order valence-corrected chi connectivity index (χ4v) is 4.34. The van der Waals surface area contributed by atoms with Crippen molar-refractivity contribution in [2.45, 2.75) is 37.2 Å². The Labute approximate surface area is 128 Å². The molecule has 0 aliphatic carbocycles. The monoisotopic (exact) mass is 362 g/mol. The zero-order chi connectivity index (χ0) is 15.0. The first-order valence-corrected chi connectivity index (χ1v) is 8.70. The average Bonchev–Trinajstić information content (AvgIpc) is 2.79. The second-order valence-corrected chi connectivity index (χ2v) is 8.00. The number of nitrogens with two attached hydrogens (primary N) is 1. The van der Waals surface area contributed by atoms with Gasteiger partial charge in [0, 0.05) is 23.3 Å². The zero-order valence-corrected chi connectivity index (χ0v) is 14.0. The second-order valence-electron chi connectivity index (χ2n) is 5.34. The molecule has 7 heteroatoms. The molecule has 5 nitrogen and oxygen atoms in total. The normalized spacial score (nSPS) is 23.1. The van der Waals surface area contributed by atoms with Crippen molar-refractivity contribution < 1.29 is 13.2 Å². The summed E-state index contributed by atoms with van der Waals surface area (Å²) >= 11 is 3.27. The molecule has 2 rings (SSSR count). The van der Waals surface area contributed by atoms with Crippen LogP contribution in [0.4, 0.5) is 5.69 Å². The van der Waals surface area contributed by atoms with Crippen LogP contribution in [0.25, 0.3) is 0 Å². The van der Waals surface area contributed by atoms with Crippen molar-refractivity contribution in [3.05, 3.63) is 22.2 Å². The minimum atomic E-state index is -3.60. The van der Waals surface area contributed by atoms with Gasteiger partial charge in [0.25, 0.3) is 0 Å². The Balaban J connectivity index is 2.22. The van der Waals surface area contributed by atoms with E-state index in [9.17, 15) is 8.42 Å². The molecule has 0 bridgehead atoms. The average molecular weight is 363 g/mol. The molecule has 1 aromatic rings. The van der Waals surface area contributed by atoms with Crippen LogP contribution in [0.5, 0.6) is 0 Å². The van der Waals surface area contributed by atoms with E-state index in [1.807, 2.05) is 6.92 Å². The Bertz CT molecular complexity index is 610. The number of benzene rings is 1. The minimum Gasteiger partial charge on any atom is -0.398 e. The van der Waals surface area contributed by atoms with E-state index in [1.165, 1.54) is 0 Å². The second kappa shape index (κ2) is 5.63. The highest BCUT2D eigenvalue weighted by Gasteiger charge is 2.32. The number of nitrogen functional groups attached to an aromatic ring is 1. The van der Waals surface area contributed by atoms with Gasteiger partial charge in [-0.15, -0.1) is 0 Å². The van der Waals surface area contributed by atoms with Crippen LogP contribution < -0.4 is 10.5 Å². The van der Waals surface area contributed by atoms with Crippen molar-refractivity contribution in [3.8, 4) is 0 Å². The van der Waals surface area contributed by atoms with Gasteiger partial charge in [-0.05, 0) is 44.4 Å². The number of rotatable bonds is 4. The standard InChI is InChI=1S/C13H19BrN2O3S/c1-9-11(15)6-10(14)7-12(9)20(17,18)16-8-13(2)4-3-5-19-13/h6-7,16H,3-5,8,15H2,1-2H3. The van der Waals surface area contributed by atoms with Crippen LogP contribution in [0.15, 0.2) is 21.5 Å². The van der Waals surface area contributed by atoms with E-state index in [-0.39, 0.29) is 11.4 Å². The van der Waals surface area contributed by atoms with Gasteiger partial charge in [0.05, 0.1) is 10.5 Å². The number of ether oxygens (including phenoxy) is 1. The Kier molecular flexibility index (Phi) is 4.44. The third-order valence-electron chi connectivity index (χ3n) is 3.59. The van der Waals surface area contributed by atoms with Gasteiger partial charge in [-0.1, -0.05) is 15.9 Å². The maximum atomic E-state index is 12.4. The molecule has 1 heterocycles. The van der Waals surface area contributed by atoms with E-state index in [1.54, 1.807) is 19.1 Å². The first-order chi connectivity index (χ1) is 9.23. The summed E-state index contributed by atoms with van der Waals surface area (Å²) < 4.78 is 33.7. The first-order valence-electron chi connectivity index (χ1n) is 6.43. The van der Waals surface area contributed by atoms with Gasteiger partial charge in [0.1, 0.15) is 0 Å². The molecule has 0 spiro atoms. The van der Waals surface area contributed by atoms with Gasteiger partial charge >= 0.3 is 0 Å². The number of halogens is 1. The van der Waals surface area contributed by atoms with Crippen LogP contribution in [-0.2, 0) is 14.8 Å². The summed E-state index contributed by atoms with van der Waals surface area (Å²) in [6.07, 6.45) is 1.82. The maximum absolute atomic E-state index is 12.4. The lowest BCUT2D eigenvalue weighted by Gasteiger charge is -2.23. The fourth-order valence-electron chi connectivity index (χ4n) is 2.26. The van der Waals surface area contributed by atoms with E-state index in [0.29, 0.717) is 22.3 Å². The SMILES string of the molecule is Cc1c(N)cc(Br)cc1S(=O)(=O)NCC1(C)CCCO1. The molecular weight excluding hydrogens is 344 g/mol. The molecule has 3 N–H and O–H groups in total. The summed E-state index contributed by atoms with van der Waals surface area (Å²) in [7, 11) is -3.60. The number of nitrogens with one attached hydrogen (secondary N) is 1. The van der Waals surface area contributed by atoms with Crippen LogP contribution in [0.2, 0.25) is 0 Å². The maximum Gasteiger partial charge on any atom is 0.241 e. The van der Waals surface area contributed by atoms with Crippen molar-refractivity contribution in [2.24, 2.45) is 0 Å². The van der Waals surface area contributed by atoms with Gasteiger partial charge in [0.15, 0.2) is 0 Å². The Morgan fingerprint density at radius 2 is 2.20 bits per heavy atom. The molecule has 1 aromatic carbocycles. The molecule has 1 fully saturated rings. The zero-order valence-electron chi connectivity index (χ0n) is 11.6. The summed E-state index contributed by atoms with van der Waals surface area (Å²) in [6.45, 7) is 4.57. The Morgan fingerprint density at radius 1 is 1.50 bits per heavy atom. The van der Waals surface area contributed by atoms with Crippen LogP contribution >= 0.6 is 15.9 Å². The Hall–Kier alpha value is -0.630. The highest BCUT2D eigenvalue weighted by molar-refractivity contribution is 9.10. The van der Waals surface area contributed by atoms with Crippen LogP contribution in [-0.4, -0.2) is 27.2 Å². The highest BCUT2D eigenvalue weighted by Crippen LogP contribution is 2.28. The molecule has 0 saturated carbocycles. The summed E-state index contributed by atoms with van der Waals surface area (Å²) in [5, 5.41) is 0. The molecule has 0 radical (unpaired) electrons. The molecule has 0 amide bonds. The molecule has 0 aromatic heterocycles. The predicted octanol–water partition coefficient (Wildman–Crippen LogP) is 2.19. The van der Waals surface area contributed by atoms with Crippen molar-refractivity contribution in [1.29, 1.82) is 0 Å². The van der Waals surface area contributed by atoms with Gasteiger partial charge < -0.3 is 10.5 Å². The van der Waals surface area contributed by atoms with Gasteiger partial charge in [-0.2, -0.15) is 0 Å². The minimum absolute atomic E-state index is 0.200. The molecule has 20 heavy (non-hydrogen) atoms. The van der Waals surface area contributed by atoms with Gasteiger partial charge in [0.2, 0.25) is 10.0 Å². The Morgan fingerprint density at radius 3 is 2.80 bits per heavy atom. The molecule has 112 valence electrons. The van der Waals surface area contributed by atoms with Crippen LogP contribution in [0.3, 0.4) is 0 Å². The summed E-state index contributed by atoms with van der Waals surface area (Å²) in [5.74, 6) is 0. The lowest BCUT2D eigenvalue weighted by Crippen LogP contribution is -2.40. The molecular formula is C13H19BrN2O3S. The molecule has 1 atom stereocenters. The fraction of sp³-hybridized carbons (Fsp3) is 0.538. The van der Waals surface area contributed by atoms with Crippen LogP contribution in [0, 0.1) is 6.92 Å². The van der Waals surface area contributed by atoms with Crippen molar-refractivity contribution >= 4 is 31.6 Å². The van der Waals surface area contributed by atoms with E-state index < -0.39 is 15.6 Å². The first kappa shape index (κ1) is 15.8. The van der Waals surface area contributed by atoms with E-state index >= 15 is 0 Å². The van der Waals surface area contributed by atoms with Gasteiger partial charge in [-0.25, -0.2) is 13.1 Å². The van der Waals surface area contributed by atoms with Crippen molar-refractivity contribution in [1.82, 2.24) is 4.72 Å². The topological polar surface area (TPSA) is 81.4 Å². The van der Waals surface area contributed by atoms with Crippen molar-refractivity contribution in [2.75, 3.05) is 18.9 Å². The quantitative estimate of drug-likeness (QED) is 0.804. The van der Waals surface area contributed by atoms with E-state index in [0.717, 1.165) is 12.8 Å². The summed E-state index contributed by atoms with van der Waals surface area (Å²) in [4.78, 5) is 0.200. The molecule has 1 unspecified atom stereocenters. The summed E-state index contributed by atoms with van der Waals surface area (Å²) in [6, 6.07) is 3.25.